The molecule has 0 spiro atoms. The van der Waals surface area contributed by atoms with Gasteiger partial charge in [-0.1, -0.05) is 0 Å². The lowest BCUT2D eigenvalue weighted by Gasteiger charge is -2.24. The molecule has 3 aromatic heterocycles. The zero-order valence-corrected chi connectivity index (χ0v) is 14.3. The van der Waals surface area contributed by atoms with Crippen molar-refractivity contribution in [1.82, 2.24) is 19.2 Å². The minimum absolute atomic E-state index is 0.0862. The van der Waals surface area contributed by atoms with Gasteiger partial charge in [0, 0.05) is 29.9 Å². The molecule has 8 heteroatoms. The topological polar surface area (TPSA) is 73.5 Å². The van der Waals surface area contributed by atoms with Crippen LogP contribution in [0.4, 0.5) is 5.82 Å². The molecule has 4 rings (SSSR count). The molecule has 3 aromatic rings. The Morgan fingerprint density at radius 1 is 1.54 bits per heavy atom. The number of hydrogen-bond donors (Lipinski definition) is 1. The first-order chi connectivity index (χ1) is 11.7. The number of amides is 1. The first-order valence-electron chi connectivity index (χ1n) is 8.04. The van der Waals surface area contributed by atoms with E-state index in [0.717, 1.165) is 35.8 Å². The van der Waals surface area contributed by atoms with Gasteiger partial charge in [0.2, 0.25) is 5.91 Å². The van der Waals surface area contributed by atoms with E-state index in [9.17, 15) is 4.79 Å². The first kappa shape index (κ1) is 15.3. The number of aryl methyl sites for hydroxylation is 1. The van der Waals surface area contributed by atoms with Crippen molar-refractivity contribution in [3.8, 4) is 0 Å². The number of fused-ring (bicyclic) bond motifs is 1. The molecule has 1 aliphatic rings. The zero-order valence-electron chi connectivity index (χ0n) is 13.4. The predicted octanol–water partition coefficient (Wildman–Crippen LogP) is 2.43. The summed E-state index contributed by atoms with van der Waals surface area (Å²) in [7, 11) is 0. The Bertz CT molecular complexity index is 859. The number of nitrogens with zero attached hydrogens (tertiary/aromatic N) is 4. The molecule has 4 heterocycles. The normalized spacial score (nSPS) is 18.1. The Morgan fingerprint density at radius 3 is 3.25 bits per heavy atom. The second-order valence-electron chi connectivity index (χ2n) is 6.02. The summed E-state index contributed by atoms with van der Waals surface area (Å²) in [6.45, 7) is 3.47. The Morgan fingerprint density at radius 2 is 2.46 bits per heavy atom. The number of aromatic nitrogens is 4. The van der Waals surface area contributed by atoms with Crippen LogP contribution < -0.4 is 5.32 Å². The molecule has 1 N–H and O–H groups in total. The molecule has 24 heavy (non-hydrogen) atoms. The van der Waals surface area contributed by atoms with Crippen molar-refractivity contribution in [2.75, 3.05) is 18.5 Å². The monoisotopic (exact) mass is 345 g/mol. The van der Waals surface area contributed by atoms with Crippen molar-refractivity contribution >= 4 is 28.0 Å². The Hall–Kier alpha value is -2.19. The zero-order chi connectivity index (χ0) is 16.5. The summed E-state index contributed by atoms with van der Waals surface area (Å²) in [5.74, 6) is 0.629. The average molecular weight is 345 g/mol. The SMILES string of the molecule is Cc1csc2nc(CC(=O)Nc3ccnn3C3CCCOC3)cn12. The first-order valence-corrected chi connectivity index (χ1v) is 8.92. The van der Waals surface area contributed by atoms with Crippen LogP contribution in [0.25, 0.3) is 4.96 Å². The number of rotatable bonds is 4. The minimum Gasteiger partial charge on any atom is -0.379 e. The highest BCUT2D eigenvalue weighted by Gasteiger charge is 2.20. The van der Waals surface area contributed by atoms with Crippen molar-refractivity contribution in [3.05, 3.63) is 35.2 Å². The fraction of sp³-hybridized carbons (Fsp3) is 0.438. The number of hydrogen-bond acceptors (Lipinski definition) is 5. The molecule has 0 saturated carbocycles. The van der Waals surface area contributed by atoms with Crippen molar-refractivity contribution in [2.45, 2.75) is 32.2 Å². The Kier molecular flexibility index (Phi) is 4.07. The number of carbonyl (C=O) groups excluding carboxylic acids is 1. The van der Waals surface area contributed by atoms with Crippen molar-refractivity contribution in [3.63, 3.8) is 0 Å². The summed E-state index contributed by atoms with van der Waals surface area (Å²) in [6.07, 6.45) is 5.91. The van der Waals surface area contributed by atoms with E-state index in [-0.39, 0.29) is 18.4 Å². The summed E-state index contributed by atoms with van der Waals surface area (Å²) >= 11 is 1.58. The van der Waals surface area contributed by atoms with Gasteiger partial charge < -0.3 is 10.1 Å². The molecular weight excluding hydrogens is 326 g/mol. The lowest BCUT2D eigenvalue weighted by Crippen LogP contribution is -2.25. The standard InChI is InChI=1S/C16H19N5O2S/c1-11-10-24-16-18-12(8-20(11)16)7-15(22)19-14-4-5-17-21(14)13-3-2-6-23-9-13/h4-5,8,10,13H,2-3,6-7,9H2,1H3,(H,19,22). The maximum Gasteiger partial charge on any atom is 0.231 e. The number of nitrogens with one attached hydrogen (secondary N) is 1. The van der Waals surface area contributed by atoms with E-state index in [2.05, 4.69) is 20.8 Å². The molecule has 1 fully saturated rings. The van der Waals surface area contributed by atoms with Gasteiger partial charge in [0.25, 0.3) is 0 Å². The molecule has 0 radical (unpaired) electrons. The second kappa shape index (κ2) is 6.37. The lowest BCUT2D eigenvalue weighted by atomic mass is 10.1. The number of anilines is 1. The average Bonchev–Trinajstić information content (AvgIpc) is 3.27. The van der Waals surface area contributed by atoms with E-state index < -0.39 is 0 Å². The van der Waals surface area contributed by atoms with Crippen molar-refractivity contribution < 1.29 is 9.53 Å². The Balaban J connectivity index is 1.45. The van der Waals surface area contributed by atoms with E-state index in [1.807, 2.05) is 28.3 Å². The summed E-state index contributed by atoms with van der Waals surface area (Å²) in [5.41, 5.74) is 1.90. The molecule has 1 unspecified atom stereocenters. The van der Waals surface area contributed by atoms with Crippen LogP contribution in [0, 0.1) is 6.92 Å². The van der Waals surface area contributed by atoms with E-state index in [0.29, 0.717) is 12.4 Å². The molecule has 1 amide bonds. The van der Waals surface area contributed by atoms with Crippen molar-refractivity contribution in [2.24, 2.45) is 0 Å². The van der Waals surface area contributed by atoms with Crippen LogP contribution in [0.1, 0.15) is 30.3 Å². The number of imidazole rings is 1. The highest BCUT2D eigenvalue weighted by atomic mass is 32.1. The maximum absolute atomic E-state index is 12.4. The highest BCUT2D eigenvalue weighted by Crippen LogP contribution is 2.23. The molecule has 7 nitrogen and oxygen atoms in total. The minimum atomic E-state index is -0.0862. The lowest BCUT2D eigenvalue weighted by molar-refractivity contribution is -0.115. The van der Waals surface area contributed by atoms with Gasteiger partial charge in [-0.15, -0.1) is 11.3 Å². The van der Waals surface area contributed by atoms with Crippen LogP contribution in [0.3, 0.4) is 0 Å². The second-order valence-corrected chi connectivity index (χ2v) is 6.86. The van der Waals surface area contributed by atoms with Gasteiger partial charge in [-0.2, -0.15) is 5.10 Å². The summed E-state index contributed by atoms with van der Waals surface area (Å²) in [6, 6.07) is 2.01. The third-order valence-corrected chi connectivity index (χ3v) is 5.16. The molecule has 0 aromatic carbocycles. The quantitative estimate of drug-likeness (QED) is 0.788. The molecular formula is C16H19N5O2S. The molecule has 126 valence electrons. The largest absolute Gasteiger partial charge is 0.379 e. The molecule has 1 aliphatic heterocycles. The van der Waals surface area contributed by atoms with Crippen LogP contribution in [-0.4, -0.2) is 38.3 Å². The van der Waals surface area contributed by atoms with E-state index in [4.69, 9.17) is 4.74 Å². The van der Waals surface area contributed by atoms with Crippen LogP contribution >= 0.6 is 11.3 Å². The Labute approximate surface area is 143 Å². The maximum atomic E-state index is 12.4. The van der Waals surface area contributed by atoms with Gasteiger partial charge >= 0.3 is 0 Å². The fourth-order valence-corrected chi connectivity index (χ4v) is 3.87. The number of carbonyl (C=O) groups is 1. The molecule has 0 bridgehead atoms. The third kappa shape index (κ3) is 2.94. The molecule has 1 atom stereocenters. The smallest absolute Gasteiger partial charge is 0.231 e. The van der Waals surface area contributed by atoms with Gasteiger partial charge in [-0.05, 0) is 19.8 Å². The summed E-state index contributed by atoms with van der Waals surface area (Å²) in [5, 5.41) is 9.34. The van der Waals surface area contributed by atoms with E-state index in [1.54, 1.807) is 17.5 Å². The molecule has 1 saturated heterocycles. The number of thiazole rings is 1. The van der Waals surface area contributed by atoms with Gasteiger partial charge in [0.1, 0.15) is 5.82 Å². The van der Waals surface area contributed by atoms with Gasteiger partial charge in [0.15, 0.2) is 4.96 Å². The summed E-state index contributed by atoms with van der Waals surface area (Å²) < 4.78 is 9.38. The van der Waals surface area contributed by atoms with Gasteiger partial charge in [0.05, 0.1) is 31.0 Å². The van der Waals surface area contributed by atoms with Crippen LogP contribution in [0.15, 0.2) is 23.8 Å². The van der Waals surface area contributed by atoms with Crippen molar-refractivity contribution in [1.29, 1.82) is 0 Å². The summed E-state index contributed by atoms with van der Waals surface area (Å²) in [4.78, 5) is 17.8. The fourth-order valence-electron chi connectivity index (χ4n) is 3.00. The highest BCUT2D eigenvalue weighted by molar-refractivity contribution is 7.15. The molecule has 0 aliphatic carbocycles. The number of ether oxygens (including phenoxy) is 1. The van der Waals surface area contributed by atoms with Crippen LogP contribution in [0.2, 0.25) is 0 Å². The van der Waals surface area contributed by atoms with Crippen LogP contribution in [-0.2, 0) is 16.0 Å². The van der Waals surface area contributed by atoms with E-state index in [1.165, 1.54) is 0 Å². The van der Waals surface area contributed by atoms with E-state index >= 15 is 0 Å². The predicted molar refractivity (Wildman–Crippen MR) is 91.5 cm³/mol. The van der Waals surface area contributed by atoms with Gasteiger partial charge in [-0.3, -0.25) is 9.20 Å². The van der Waals surface area contributed by atoms with Crippen LogP contribution in [0.5, 0.6) is 0 Å². The third-order valence-electron chi connectivity index (χ3n) is 4.20. The van der Waals surface area contributed by atoms with Gasteiger partial charge in [-0.25, -0.2) is 9.67 Å².